The van der Waals surface area contributed by atoms with Gasteiger partial charge in [-0.05, 0) is 30.9 Å². The van der Waals surface area contributed by atoms with Crippen LogP contribution in [0.3, 0.4) is 0 Å². The molecular formula is C20H22N2O4. The van der Waals surface area contributed by atoms with E-state index in [0.29, 0.717) is 6.42 Å². The molecule has 6 nitrogen and oxygen atoms in total. The van der Waals surface area contributed by atoms with Crippen LogP contribution in [0.5, 0.6) is 0 Å². The third kappa shape index (κ3) is 1.55. The number of hydroxylamine groups is 2. The molecule has 4 fully saturated rings. The van der Waals surface area contributed by atoms with Crippen molar-refractivity contribution in [3.63, 3.8) is 0 Å². The molecule has 6 rings (SSSR count). The number of rotatable bonds is 2. The number of allylic oxidation sites excluding steroid dienone is 1. The number of ether oxygens (including phenoxy) is 1. The second kappa shape index (κ2) is 5.25. The Morgan fingerprint density at radius 1 is 1.46 bits per heavy atom. The van der Waals surface area contributed by atoms with E-state index in [-0.39, 0.29) is 36.5 Å². The minimum Gasteiger partial charge on any atom is -0.469 e. The normalized spacial score (nSPS) is 41.2. The van der Waals surface area contributed by atoms with Crippen LogP contribution in [0, 0.1) is 17.8 Å². The van der Waals surface area contributed by atoms with E-state index < -0.39 is 11.3 Å². The number of para-hydroxylation sites is 1. The fourth-order valence-electron chi connectivity index (χ4n) is 6.28. The monoisotopic (exact) mass is 354 g/mol. The Balaban J connectivity index is 1.85. The summed E-state index contributed by atoms with van der Waals surface area (Å²) in [6, 6.07) is 7.29. The minimum absolute atomic E-state index is 0.0150. The summed E-state index contributed by atoms with van der Waals surface area (Å²) in [6.45, 7) is 1.79. The number of fused-ring (bicyclic) bond motifs is 1. The molecule has 26 heavy (non-hydrogen) atoms. The largest absolute Gasteiger partial charge is 0.469 e. The molecule has 3 aliphatic heterocycles. The highest BCUT2D eigenvalue weighted by Gasteiger charge is 2.73. The van der Waals surface area contributed by atoms with Crippen LogP contribution in [0.15, 0.2) is 40.9 Å². The molecule has 6 heteroatoms. The molecule has 0 radical (unpaired) electrons. The number of nitrogens with zero attached hydrogens (tertiary/aromatic N) is 2. The van der Waals surface area contributed by atoms with Crippen molar-refractivity contribution in [3.05, 3.63) is 41.5 Å². The van der Waals surface area contributed by atoms with Crippen molar-refractivity contribution in [2.45, 2.75) is 30.8 Å². The number of aliphatic imine (C=N–C) groups is 1. The van der Waals surface area contributed by atoms with E-state index in [1.807, 2.05) is 37.3 Å². The maximum Gasteiger partial charge on any atom is 0.310 e. The number of benzene rings is 1. The molecule has 1 aromatic rings. The van der Waals surface area contributed by atoms with Crippen LogP contribution in [0.2, 0.25) is 0 Å². The number of piperidine rings is 2. The molecule has 4 bridgehead atoms. The van der Waals surface area contributed by atoms with Gasteiger partial charge in [0.1, 0.15) is 0 Å². The van der Waals surface area contributed by atoms with E-state index in [9.17, 15) is 15.1 Å². The summed E-state index contributed by atoms with van der Waals surface area (Å²) in [5.74, 6) is -1.06. The second-order valence-electron chi connectivity index (χ2n) is 7.64. The molecule has 6 atom stereocenters. The Morgan fingerprint density at radius 2 is 2.23 bits per heavy atom. The fraction of sp³-hybridized carbons (Fsp3) is 0.500. The third-order valence-corrected chi connectivity index (χ3v) is 7.03. The first-order valence-electron chi connectivity index (χ1n) is 9.11. The molecule has 5 aliphatic rings. The Kier molecular flexibility index (Phi) is 3.27. The van der Waals surface area contributed by atoms with Crippen LogP contribution in [0.4, 0.5) is 5.69 Å². The number of aliphatic hydroxyl groups excluding tert-OH is 1. The highest BCUT2D eigenvalue weighted by molar-refractivity contribution is 6.10. The van der Waals surface area contributed by atoms with Gasteiger partial charge in [0, 0.05) is 12.5 Å². The van der Waals surface area contributed by atoms with Crippen LogP contribution in [-0.2, 0) is 14.9 Å². The Morgan fingerprint density at radius 3 is 2.92 bits per heavy atom. The highest BCUT2D eigenvalue weighted by atomic mass is 16.5. The summed E-state index contributed by atoms with van der Waals surface area (Å²) in [5, 5.41) is 22.7. The van der Waals surface area contributed by atoms with E-state index in [0.717, 1.165) is 22.5 Å². The van der Waals surface area contributed by atoms with Crippen molar-refractivity contribution in [2.24, 2.45) is 22.7 Å². The predicted octanol–water partition coefficient (Wildman–Crippen LogP) is 1.83. The van der Waals surface area contributed by atoms with E-state index >= 15 is 0 Å². The molecule has 3 heterocycles. The van der Waals surface area contributed by atoms with Crippen LogP contribution in [0.25, 0.3) is 0 Å². The highest BCUT2D eigenvalue weighted by Crippen LogP contribution is 2.66. The van der Waals surface area contributed by atoms with Crippen LogP contribution in [-0.4, -0.2) is 52.9 Å². The summed E-state index contributed by atoms with van der Waals surface area (Å²) in [6.07, 6.45) is 2.63. The van der Waals surface area contributed by atoms with Crippen molar-refractivity contribution in [3.8, 4) is 0 Å². The number of esters is 1. The Bertz CT molecular complexity index is 863. The summed E-state index contributed by atoms with van der Waals surface area (Å²) in [7, 11) is 1.42. The molecule has 136 valence electrons. The summed E-state index contributed by atoms with van der Waals surface area (Å²) < 4.78 is 5.23. The Labute approximate surface area is 151 Å². The zero-order valence-electron chi connectivity index (χ0n) is 14.8. The SMILES string of the molecule is C/C=C1\C2CC3C4=Nc5ccccc5C4(C(CO)C1N3O)C2C(=O)OC. The van der Waals surface area contributed by atoms with Crippen molar-refractivity contribution >= 4 is 17.4 Å². The molecule has 2 saturated carbocycles. The van der Waals surface area contributed by atoms with E-state index in [4.69, 9.17) is 9.73 Å². The van der Waals surface area contributed by atoms with Gasteiger partial charge in [0.25, 0.3) is 0 Å². The molecule has 0 amide bonds. The molecular weight excluding hydrogens is 332 g/mol. The second-order valence-corrected chi connectivity index (χ2v) is 7.64. The molecule has 1 spiro atoms. The molecule has 0 aromatic heterocycles. The van der Waals surface area contributed by atoms with Gasteiger partial charge in [-0.25, -0.2) is 0 Å². The van der Waals surface area contributed by atoms with Crippen LogP contribution in [0.1, 0.15) is 18.9 Å². The maximum atomic E-state index is 13.0. The molecule has 2 saturated heterocycles. The van der Waals surface area contributed by atoms with Gasteiger partial charge in [-0.2, -0.15) is 5.06 Å². The topological polar surface area (TPSA) is 82.4 Å². The maximum absolute atomic E-state index is 13.0. The van der Waals surface area contributed by atoms with Crippen molar-refractivity contribution in [2.75, 3.05) is 13.7 Å². The average molecular weight is 354 g/mol. The van der Waals surface area contributed by atoms with Gasteiger partial charge in [0.15, 0.2) is 0 Å². The van der Waals surface area contributed by atoms with Gasteiger partial charge >= 0.3 is 5.97 Å². The molecule has 2 N–H and O–H groups in total. The first-order chi connectivity index (χ1) is 12.6. The van der Waals surface area contributed by atoms with Crippen LogP contribution >= 0.6 is 0 Å². The van der Waals surface area contributed by atoms with E-state index in [1.54, 1.807) is 0 Å². The summed E-state index contributed by atoms with van der Waals surface area (Å²) in [5.41, 5.74) is 2.93. The Hall–Kier alpha value is -2.02. The van der Waals surface area contributed by atoms with Gasteiger partial charge in [-0.1, -0.05) is 29.8 Å². The number of hydrogen-bond acceptors (Lipinski definition) is 6. The molecule has 6 unspecified atom stereocenters. The molecule has 1 aromatic carbocycles. The number of methoxy groups -OCH3 is 1. The number of carbonyl (C=O) groups excluding carboxylic acids is 1. The lowest BCUT2D eigenvalue weighted by Crippen LogP contribution is -2.77. The summed E-state index contributed by atoms with van der Waals surface area (Å²) >= 11 is 0. The zero-order valence-corrected chi connectivity index (χ0v) is 14.8. The van der Waals surface area contributed by atoms with Gasteiger partial charge in [-0.15, -0.1) is 0 Å². The third-order valence-electron chi connectivity index (χ3n) is 7.03. The average Bonchev–Trinajstić information content (AvgIpc) is 3.00. The van der Waals surface area contributed by atoms with Crippen molar-refractivity contribution in [1.29, 1.82) is 0 Å². The van der Waals surface area contributed by atoms with E-state index in [2.05, 4.69) is 0 Å². The van der Waals surface area contributed by atoms with Crippen LogP contribution < -0.4 is 0 Å². The zero-order chi connectivity index (χ0) is 18.2. The summed E-state index contributed by atoms with van der Waals surface area (Å²) in [4.78, 5) is 17.8. The molecule has 2 aliphatic carbocycles. The number of carbonyl (C=O) groups is 1. The quantitative estimate of drug-likeness (QED) is 0.625. The first-order valence-corrected chi connectivity index (χ1v) is 9.11. The standard InChI is InChI=1S/C20H22N2O4/c1-3-10-11-8-15-18-20(16(11)19(24)26-2,13(9-23)17(10)22(15)25)12-6-4-5-7-14(12)21-18/h3-7,11,13,15-17,23,25H,8-9H2,1-2H3/b10-3+. The first kappa shape index (κ1) is 16.2. The predicted molar refractivity (Wildman–Crippen MR) is 94.4 cm³/mol. The fourth-order valence-corrected chi connectivity index (χ4v) is 6.28. The lowest BCUT2D eigenvalue weighted by Gasteiger charge is -2.66. The number of hydrogen-bond donors (Lipinski definition) is 2. The van der Waals surface area contributed by atoms with Gasteiger partial charge in [-0.3, -0.25) is 9.79 Å². The number of aliphatic hydroxyl groups is 1. The lowest BCUT2D eigenvalue weighted by molar-refractivity contribution is -0.214. The van der Waals surface area contributed by atoms with Gasteiger partial charge in [0.2, 0.25) is 0 Å². The van der Waals surface area contributed by atoms with Crippen molar-refractivity contribution < 1.29 is 19.8 Å². The minimum atomic E-state index is -0.706. The lowest BCUT2D eigenvalue weighted by atomic mass is 9.42. The smallest absolute Gasteiger partial charge is 0.310 e. The van der Waals surface area contributed by atoms with Gasteiger partial charge < -0.3 is 15.1 Å². The van der Waals surface area contributed by atoms with Crippen molar-refractivity contribution in [1.82, 2.24) is 5.06 Å². The van der Waals surface area contributed by atoms with E-state index in [1.165, 1.54) is 12.2 Å². The van der Waals surface area contributed by atoms with Gasteiger partial charge in [0.05, 0.1) is 41.9 Å².